The Morgan fingerprint density at radius 1 is 1.24 bits per heavy atom. The van der Waals surface area contributed by atoms with E-state index in [9.17, 15) is 0 Å². The second-order valence-corrected chi connectivity index (χ2v) is 5.98. The van der Waals surface area contributed by atoms with E-state index in [0.29, 0.717) is 6.04 Å². The standard InChI is InChI=1S/C18H30N2O/c1-2-3-13-21-14-11-19-18-10-7-12-20(16-18)15-17-8-5-4-6-9-17/h4-6,8-9,18-19H,2-3,7,10-16H2,1H3. The molecule has 0 amide bonds. The van der Waals surface area contributed by atoms with Crippen molar-refractivity contribution >= 4 is 0 Å². The number of likely N-dealkylation sites (tertiary alicyclic amines) is 1. The van der Waals surface area contributed by atoms with Gasteiger partial charge in [0.05, 0.1) is 6.61 Å². The molecule has 1 aliphatic rings. The van der Waals surface area contributed by atoms with Crippen molar-refractivity contribution in [1.82, 2.24) is 10.2 Å². The largest absolute Gasteiger partial charge is 0.380 e. The third kappa shape index (κ3) is 6.60. The summed E-state index contributed by atoms with van der Waals surface area (Å²) in [7, 11) is 0. The number of piperidine rings is 1. The molecule has 1 atom stereocenters. The molecule has 1 aromatic carbocycles. The van der Waals surface area contributed by atoms with Crippen molar-refractivity contribution in [2.45, 2.75) is 45.2 Å². The van der Waals surface area contributed by atoms with Crippen LogP contribution in [-0.4, -0.2) is 43.8 Å². The Morgan fingerprint density at radius 3 is 2.90 bits per heavy atom. The predicted molar refractivity (Wildman–Crippen MR) is 88.5 cm³/mol. The Hall–Kier alpha value is -0.900. The fourth-order valence-corrected chi connectivity index (χ4v) is 2.89. The van der Waals surface area contributed by atoms with Crippen LogP contribution in [-0.2, 0) is 11.3 Å². The van der Waals surface area contributed by atoms with Crippen LogP contribution in [0.2, 0.25) is 0 Å². The average Bonchev–Trinajstić information content (AvgIpc) is 2.52. The summed E-state index contributed by atoms with van der Waals surface area (Å²) in [6.07, 6.45) is 4.97. The molecule has 0 aliphatic carbocycles. The molecule has 2 rings (SSSR count). The highest BCUT2D eigenvalue weighted by molar-refractivity contribution is 5.14. The van der Waals surface area contributed by atoms with Crippen molar-refractivity contribution < 1.29 is 4.74 Å². The molecule has 3 heteroatoms. The lowest BCUT2D eigenvalue weighted by atomic mass is 10.0. The van der Waals surface area contributed by atoms with Gasteiger partial charge in [-0.3, -0.25) is 4.90 Å². The minimum Gasteiger partial charge on any atom is -0.380 e. The molecule has 118 valence electrons. The van der Waals surface area contributed by atoms with Gasteiger partial charge in [0.25, 0.3) is 0 Å². The summed E-state index contributed by atoms with van der Waals surface area (Å²) in [6, 6.07) is 11.4. The topological polar surface area (TPSA) is 24.5 Å². The van der Waals surface area contributed by atoms with Gasteiger partial charge in [-0.2, -0.15) is 0 Å². The van der Waals surface area contributed by atoms with Gasteiger partial charge < -0.3 is 10.1 Å². The highest BCUT2D eigenvalue weighted by Gasteiger charge is 2.19. The highest BCUT2D eigenvalue weighted by atomic mass is 16.5. The maximum absolute atomic E-state index is 5.61. The fourth-order valence-electron chi connectivity index (χ4n) is 2.89. The second-order valence-electron chi connectivity index (χ2n) is 5.98. The molecule has 0 aromatic heterocycles. The first-order valence-corrected chi connectivity index (χ1v) is 8.46. The number of hydrogen-bond acceptors (Lipinski definition) is 3. The Morgan fingerprint density at radius 2 is 2.10 bits per heavy atom. The molecule has 1 aromatic rings. The van der Waals surface area contributed by atoms with E-state index in [1.165, 1.54) is 37.8 Å². The van der Waals surface area contributed by atoms with Crippen LogP contribution in [0.15, 0.2) is 30.3 Å². The van der Waals surface area contributed by atoms with E-state index in [1.54, 1.807) is 0 Å². The number of hydrogen-bond donors (Lipinski definition) is 1. The summed E-state index contributed by atoms with van der Waals surface area (Å²) in [5.74, 6) is 0. The van der Waals surface area contributed by atoms with E-state index in [0.717, 1.165) is 32.8 Å². The van der Waals surface area contributed by atoms with E-state index in [2.05, 4.69) is 47.5 Å². The van der Waals surface area contributed by atoms with Gasteiger partial charge in [-0.15, -0.1) is 0 Å². The van der Waals surface area contributed by atoms with Crippen LogP contribution in [0.4, 0.5) is 0 Å². The van der Waals surface area contributed by atoms with Gasteiger partial charge in [-0.05, 0) is 31.4 Å². The lowest BCUT2D eigenvalue weighted by molar-refractivity contribution is 0.123. The fraction of sp³-hybridized carbons (Fsp3) is 0.667. The van der Waals surface area contributed by atoms with Gasteiger partial charge in [0.1, 0.15) is 0 Å². The molecular weight excluding hydrogens is 260 g/mol. The third-order valence-electron chi connectivity index (χ3n) is 4.08. The smallest absolute Gasteiger partial charge is 0.0591 e. The van der Waals surface area contributed by atoms with Gasteiger partial charge >= 0.3 is 0 Å². The van der Waals surface area contributed by atoms with Gasteiger partial charge in [0.2, 0.25) is 0 Å². The Labute approximate surface area is 129 Å². The molecule has 1 heterocycles. The molecule has 21 heavy (non-hydrogen) atoms. The Balaban J connectivity index is 1.62. The molecule has 1 N–H and O–H groups in total. The van der Waals surface area contributed by atoms with Crippen molar-refractivity contribution in [3.05, 3.63) is 35.9 Å². The van der Waals surface area contributed by atoms with Crippen molar-refractivity contribution in [1.29, 1.82) is 0 Å². The first-order chi connectivity index (χ1) is 10.4. The van der Waals surface area contributed by atoms with E-state index in [1.807, 2.05) is 0 Å². The van der Waals surface area contributed by atoms with E-state index < -0.39 is 0 Å². The lowest BCUT2D eigenvalue weighted by Gasteiger charge is -2.33. The number of rotatable bonds is 9. The average molecular weight is 290 g/mol. The molecule has 1 saturated heterocycles. The zero-order valence-electron chi connectivity index (χ0n) is 13.4. The molecule has 0 bridgehead atoms. The van der Waals surface area contributed by atoms with Crippen LogP contribution < -0.4 is 5.32 Å². The van der Waals surface area contributed by atoms with Crippen LogP contribution in [0.3, 0.4) is 0 Å². The summed E-state index contributed by atoms with van der Waals surface area (Å²) in [6.45, 7) is 8.38. The predicted octanol–water partition coefficient (Wildman–Crippen LogP) is 3.06. The molecule has 0 saturated carbocycles. The van der Waals surface area contributed by atoms with Crippen LogP contribution >= 0.6 is 0 Å². The Kier molecular flexibility index (Phi) is 7.79. The monoisotopic (exact) mass is 290 g/mol. The number of unbranched alkanes of at least 4 members (excludes halogenated alkanes) is 1. The van der Waals surface area contributed by atoms with Gasteiger partial charge in [0.15, 0.2) is 0 Å². The van der Waals surface area contributed by atoms with Crippen molar-refractivity contribution in [2.24, 2.45) is 0 Å². The SMILES string of the molecule is CCCCOCCNC1CCCN(Cc2ccccc2)C1. The van der Waals surface area contributed by atoms with Crippen molar-refractivity contribution in [2.75, 3.05) is 32.8 Å². The van der Waals surface area contributed by atoms with E-state index in [-0.39, 0.29) is 0 Å². The van der Waals surface area contributed by atoms with E-state index >= 15 is 0 Å². The molecule has 0 radical (unpaired) electrons. The maximum atomic E-state index is 5.61. The Bertz CT molecular complexity index is 369. The zero-order valence-corrected chi connectivity index (χ0v) is 13.4. The van der Waals surface area contributed by atoms with Crippen LogP contribution in [0.25, 0.3) is 0 Å². The van der Waals surface area contributed by atoms with Crippen molar-refractivity contribution in [3.63, 3.8) is 0 Å². The zero-order chi connectivity index (χ0) is 14.8. The van der Waals surface area contributed by atoms with Crippen LogP contribution in [0.1, 0.15) is 38.2 Å². The summed E-state index contributed by atoms with van der Waals surface area (Å²) in [5.41, 5.74) is 1.42. The molecule has 1 aliphatic heterocycles. The molecule has 3 nitrogen and oxygen atoms in total. The molecular formula is C18H30N2O. The first-order valence-electron chi connectivity index (χ1n) is 8.46. The first kappa shape index (κ1) is 16.5. The van der Waals surface area contributed by atoms with E-state index in [4.69, 9.17) is 4.74 Å². The minimum absolute atomic E-state index is 0.622. The summed E-state index contributed by atoms with van der Waals surface area (Å²) in [4.78, 5) is 2.56. The maximum Gasteiger partial charge on any atom is 0.0591 e. The van der Waals surface area contributed by atoms with Crippen LogP contribution in [0, 0.1) is 0 Å². The summed E-state index contributed by atoms with van der Waals surface area (Å²) >= 11 is 0. The second kappa shape index (κ2) is 9.93. The van der Waals surface area contributed by atoms with Gasteiger partial charge in [0, 0.05) is 32.3 Å². The van der Waals surface area contributed by atoms with Gasteiger partial charge in [-0.1, -0.05) is 43.7 Å². The quantitative estimate of drug-likeness (QED) is 0.707. The molecule has 0 spiro atoms. The number of benzene rings is 1. The summed E-state index contributed by atoms with van der Waals surface area (Å²) in [5, 5.41) is 3.65. The molecule has 1 unspecified atom stereocenters. The third-order valence-corrected chi connectivity index (χ3v) is 4.08. The molecule has 1 fully saturated rings. The number of nitrogens with zero attached hydrogens (tertiary/aromatic N) is 1. The minimum atomic E-state index is 0.622. The number of nitrogens with one attached hydrogen (secondary N) is 1. The van der Waals surface area contributed by atoms with Crippen LogP contribution in [0.5, 0.6) is 0 Å². The van der Waals surface area contributed by atoms with Crippen molar-refractivity contribution in [3.8, 4) is 0 Å². The summed E-state index contributed by atoms with van der Waals surface area (Å²) < 4.78 is 5.61. The lowest BCUT2D eigenvalue weighted by Crippen LogP contribution is -2.46. The van der Waals surface area contributed by atoms with Gasteiger partial charge in [-0.25, -0.2) is 0 Å². The number of ether oxygens (including phenoxy) is 1. The normalized spacial score (nSPS) is 19.8. The highest BCUT2D eigenvalue weighted by Crippen LogP contribution is 2.13.